The van der Waals surface area contributed by atoms with Crippen LogP contribution in [0.4, 0.5) is 0 Å². The summed E-state index contributed by atoms with van der Waals surface area (Å²) in [5, 5.41) is 12.2. The molecule has 106 valence electrons. The highest BCUT2D eigenvalue weighted by molar-refractivity contribution is 9.10. The molecule has 0 aliphatic carbocycles. The van der Waals surface area contributed by atoms with E-state index in [9.17, 15) is 4.79 Å². The van der Waals surface area contributed by atoms with Crippen LogP contribution < -0.4 is 5.32 Å². The molecule has 0 spiro atoms. The summed E-state index contributed by atoms with van der Waals surface area (Å²) in [5.74, 6) is -0.199. The first kappa shape index (κ1) is 15.6. The SMILES string of the molecule is CC(NC(=O)c1cc(Cl)cc(Br)c1)c1ccc(C#N)cc1. The van der Waals surface area contributed by atoms with Gasteiger partial charge in [-0.2, -0.15) is 5.26 Å². The molecule has 1 amide bonds. The van der Waals surface area contributed by atoms with Gasteiger partial charge in [0.15, 0.2) is 0 Å². The number of carbonyl (C=O) groups is 1. The average molecular weight is 364 g/mol. The molecule has 0 saturated carbocycles. The largest absolute Gasteiger partial charge is 0.346 e. The zero-order valence-corrected chi connectivity index (χ0v) is 13.6. The zero-order chi connectivity index (χ0) is 15.4. The molecule has 0 radical (unpaired) electrons. The minimum Gasteiger partial charge on any atom is -0.346 e. The molecule has 1 N–H and O–H groups in total. The molecule has 0 aliphatic rings. The van der Waals surface area contributed by atoms with E-state index >= 15 is 0 Å². The summed E-state index contributed by atoms with van der Waals surface area (Å²) in [5.41, 5.74) is 2.02. The van der Waals surface area contributed by atoms with E-state index in [0.717, 1.165) is 10.0 Å². The molecule has 1 atom stereocenters. The molecule has 21 heavy (non-hydrogen) atoms. The Morgan fingerprint density at radius 2 is 1.95 bits per heavy atom. The Kier molecular flexibility index (Phi) is 5.00. The van der Waals surface area contributed by atoms with Crippen molar-refractivity contribution in [1.29, 1.82) is 5.26 Å². The van der Waals surface area contributed by atoms with Gasteiger partial charge in [-0.1, -0.05) is 39.7 Å². The molecular formula is C16H12BrClN2O. The normalized spacial score (nSPS) is 11.5. The van der Waals surface area contributed by atoms with Crippen molar-refractivity contribution in [1.82, 2.24) is 5.32 Å². The molecule has 0 fully saturated rings. The monoisotopic (exact) mass is 362 g/mol. The van der Waals surface area contributed by atoms with Crippen molar-refractivity contribution in [3.05, 3.63) is 68.7 Å². The highest BCUT2D eigenvalue weighted by atomic mass is 79.9. The van der Waals surface area contributed by atoms with E-state index in [4.69, 9.17) is 16.9 Å². The third kappa shape index (κ3) is 4.07. The molecule has 3 nitrogen and oxygen atoms in total. The van der Waals surface area contributed by atoms with Crippen molar-refractivity contribution >= 4 is 33.4 Å². The van der Waals surface area contributed by atoms with Crippen LogP contribution in [0.15, 0.2) is 46.9 Å². The van der Waals surface area contributed by atoms with E-state index in [1.807, 2.05) is 19.1 Å². The Morgan fingerprint density at radius 1 is 1.29 bits per heavy atom. The van der Waals surface area contributed by atoms with Crippen LogP contribution in [-0.2, 0) is 0 Å². The first-order chi connectivity index (χ1) is 9.99. The van der Waals surface area contributed by atoms with E-state index in [1.165, 1.54) is 0 Å². The fourth-order valence-corrected chi connectivity index (χ4v) is 2.75. The van der Waals surface area contributed by atoms with Gasteiger partial charge in [0.1, 0.15) is 0 Å². The molecule has 0 aromatic heterocycles. The predicted octanol–water partition coefficient (Wildman–Crippen LogP) is 4.47. The molecule has 2 rings (SSSR count). The molecule has 5 heteroatoms. The Bertz CT molecular complexity index is 687. The van der Waals surface area contributed by atoms with Crippen molar-refractivity contribution in [2.45, 2.75) is 13.0 Å². The number of hydrogen-bond acceptors (Lipinski definition) is 2. The van der Waals surface area contributed by atoms with Crippen LogP contribution in [0.2, 0.25) is 5.02 Å². The first-order valence-corrected chi connectivity index (χ1v) is 7.43. The molecule has 1 unspecified atom stereocenters. The maximum atomic E-state index is 12.2. The summed E-state index contributed by atoms with van der Waals surface area (Å²) < 4.78 is 0.756. The number of nitriles is 1. The van der Waals surface area contributed by atoms with Gasteiger partial charge < -0.3 is 5.32 Å². The highest BCUT2D eigenvalue weighted by Gasteiger charge is 2.12. The lowest BCUT2D eigenvalue weighted by Gasteiger charge is -2.14. The number of rotatable bonds is 3. The minimum absolute atomic E-state index is 0.164. The predicted molar refractivity (Wildman–Crippen MR) is 86.2 cm³/mol. The molecule has 2 aromatic carbocycles. The van der Waals surface area contributed by atoms with Gasteiger partial charge in [0.25, 0.3) is 5.91 Å². The molecule has 0 saturated heterocycles. The van der Waals surface area contributed by atoms with E-state index in [2.05, 4.69) is 27.3 Å². The van der Waals surface area contributed by atoms with Gasteiger partial charge >= 0.3 is 0 Å². The Hall–Kier alpha value is -1.83. The average Bonchev–Trinajstić information content (AvgIpc) is 2.46. The molecule has 0 heterocycles. The third-order valence-electron chi connectivity index (χ3n) is 3.01. The van der Waals surface area contributed by atoms with Crippen LogP contribution in [-0.4, -0.2) is 5.91 Å². The quantitative estimate of drug-likeness (QED) is 0.875. The Balaban J connectivity index is 2.12. The molecule has 0 aliphatic heterocycles. The summed E-state index contributed by atoms with van der Waals surface area (Å²) in [4.78, 5) is 12.2. The van der Waals surface area contributed by atoms with Gasteiger partial charge in [-0.05, 0) is 42.8 Å². The Morgan fingerprint density at radius 3 is 2.52 bits per heavy atom. The molecular weight excluding hydrogens is 352 g/mol. The summed E-state index contributed by atoms with van der Waals surface area (Å²) in [6.07, 6.45) is 0. The smallest absolute Gasteiger partial charge is 0.251 e. The van der Waals surface area contributed by atoms with Crippen LogP contribution in [0.5, 0.6) is 0 Å². The van der Waals surface area contributed by atoms with Crippen LogP contribution in [0.25, 0.3) is 0 Å². The number of hydrogen-bond donors (Lipinski definition) is 1. The van der Waals surface area contributed by atoms with E-state index < -0.39 is 0 Å². The van der Waals surface area contributed by atoms with Crippen LogP contribution in [0, 0.1) is 11.3 Å². The lowest BCUT2D eigenvalue weighted by atomic mass is 10.1. The van der Waals surface area contributed by atoms with E-state index in [0.29, 0.717) is 16.1 Å². The van der Waals surface area contributed by atoms with Crippen LogP contribution in [0.3, 0.4) is 0 Å². The highest BCUT2D eigenvalue weighted by Crippen LogP contribution is 2.20. The summed E-state index contributed by atoms with van der Waals surface area (Å²) in [6, 6.07) is 14.1. The summed E-state index contributed by atoms with van der Waals surface area (Å²) in [6.45, 7) is 1.89. The van der Waals surface area contributed by atoms with Crippen molar-refractivity contribution in [2.24, 2.45) is 0 Å². The van der Waals surface area contributed by atoms with Crippen LogP contribution >= 0.6 is 27.5 Å². The topological polar surface area (TPSA) is 52.9 Å². The fourth-order valence-electron chi connectivity index (χ4n) is 1.89. The van der Waals surface area contributed by atoms with Gasteiger partial charge in [-0.3, -0.25) is 4.79 Å². The number of nitrogens with zero attached hydrogens (tertiary/aromatic N) is 1. The number of nitrogens with one attached hydrogen (secondary N) is 1. The lowest BCUT2D eigenvalue weighted by molar-refractivity contribution is 0.0940. The number of amides is 1. The summed E-state index contributed by atoms with van der Waals surface area (Å²) >= 11 is 9.25. The van der Waals surface area contributed by atoms with Crippen molar-refractivity contribution in [3.63, 3.8) is 0 Å². The zero-order valence-electron chi connectivity index (χ0n) is 11.2. The molecule has 2 aromatic rings. The number of carbonyl (C=O) groups excluding carboxylic acids is 1. The van der Waals surface area contributed by atoms with Gasteiger partial charge in [0, 0.05) is 15.1 Å². The minimum atomic E-state index is -0.199. The van der Waals surface area contributed by atoms with E-state index in [-0.39, 0.29) is 11.9 Å². The fraction of sp³-hybridized carbons (Fsp3) is 0.125. The van der Waals surface area contributed by atoms with Gasteiger partial charge in [-0.15, -0.1) is 0 Å². The van der Waals surface area contributed by atoms with Crippen LogP contribution in [0.1, 0.15) is 34.5 Å². The second-order valence-corrected chi connectivity index (χ2v) is 5.94. The van der Waals surface area contributed by atoms with E-state index in [1.54, 1.807) is 30.3 Å². The van der Waals surface area contributed by atoms with Gasteiger partial charge in [-0.25, -0.2) is 0 Å². The second kappa shape index (κ2) is 6.75. The first-order valence-electron chi connectivity index (χ1n) is 6.26. The van der Waals surface area contributed by atoms with Crippen molar-refractivity contribution in [3.8, 4) is 6.07 Å². The third-order valence-corrected chi connectivity index (χ3v) is 3.69. The number of halogens is 2. The maximum Gasteiger partial charge on any atom is 0.251 e. The summed E-state index contributed by atoms with van der Waals surface area (Å²) in [7, 11) is 0. The standard InChI is InChI=1S/C16H12BrClN2O/c1-10(12-4-2-11(9-19)3-5-12)20-16(21)13-6-14(17)8-15(18)7-13/h2-8,10H,1H3,(H,20,21). The van der Waals surface area contributed by atoms with Crippen molar-refractivity contribution < 1.29 is 4.79 Å². The Labute approximate surface area is 136 Å². The number of benzene rings is 2. The molecule has 0 bridgehead atoms. The van der Waals surface area contributed by atoms with Gasteiger partial charge in [0.2, 0.25) is 0 Å². The second-order valence-electron chi connectivity index (χ2n) is 4.59. The van der Waals surface area contributed by atoms with Gasteiger partial charge in [0.05, 0.1) is 17.7 Å². The maximum absolute atomic E-state index is 12.2. The lowest BCUT2D eigenvalue weighted by Crippen LogP contribution is -2.26. The van der Waals surface area contributed by atoms with Crippen molar-refractivity contribution in [2.75, 3.05) is 0 Å².